The highest BCUT2D eigenvalue weighted by Crippen LogP contribution is 2.45. The lowest BCUT2D eigenvalue weighted by Crippen LogP contribution is -2.32. The first kappa shape index (κ1) is 22.5. The van der Waals surface area contributed by atoms with Gasteiger partial charge in [0.1, 0.15) is 5.75 Å². The Bertz CT molecular complexity index is 1170. The van der Waals surface area contributed by atoms with Gasteiger partial charge in [0.05, 0.1) is 22.9 Å². The molecule has 1 unspecified atom stereocenters. The number of fused-ring (bicyclic) bond motifs is 3. The Labute approximate surface area is 193 Å². The summed E-state index contributed by atoms with van der Waals surface area (Å²) in [7, 11) is 1.67. The molecule has 0 saturated heterocycles. The Morgan fingerprint density at radius 1 is 1.12 bits per heavy atom. The fraction of sp³-hybridized carbons (Fsp3) is 0.400. The van der Waals surface area contributed by atoms with Crippen LogP contribution in [0.1, 0.15) is 38.8 Å². The molecule has 4 rings (SSSR count). The van der Waals surface area contributed by atoms with Crippen LogP contribution in [0.2, 0.25) is 5.02 Å². The Balaban J connectivity index is 1.82. The first-order chi connectivity index (χ1) is 15.3. The Hall–Kier alpha value is -2.70. The molecule has 168 valence electrons. The molecule has 0 radical (unpaired) electrons. The molecular weight excluding hydrogens is 426 g/mol. The number of halogens is 1. The summed E-state index contributed by atoms with van der Waals surface area (Å²) in [5.41, 5.74) is 3.27. The normalized spacial score (nSPS) is 15.2. The highest BCUT2D eigenvalue weighted by Gasteiger charge is 2.33. The highest BCUT2D eigenvalue weighted by molar-refractivity contribution is 6.32. The van der Waals surface area contributed by atoms with Crippen molar-refractivity contribution in [2.24, 2.45) is 5.41 Å². The average Bonchev–Trinajstić information content (AvgIpc) is 2.76. The van der Waals surface area contributed by atoms with Crippen molar-refractivity contribution < 1.29 is 9.47 Å². The fourth-order valence-electron chi connectivity index (χ4n) is 4.16. The molecule has 3 aromatic rings. The largest absolute Gasteiger partial charge is 0.492 e. The summed E-state index contributed by atoms with van der Waals surface area (Å²) >= 11 is 6.57. The molecule has 0 aliphatic carbocycles. The third-order valence-electron chi connectivity index (χ3n) is 5.82. The van der Waals surface area contributed by atoms with E-state index in [0.29, 0.717) is 35.4 Å². The zero-order valence-corrected chi connectivity index (χ0v) is 19.6. The summed E-state index contributed by atoms with van der Waals surface area (Å²) in [5, 5.41) is 0.532. The van der Waals surface area contributed by atoms with Crippen molar-refractivity contribution in [3.05, 3.63) is 63.7 Å². The van der Waals surface area contributed by atoms with Crippen molar-refractivity contribution in [1.29, 1.82) is 0 Å². The lowest BCUT2D eigenvalue weighted by molar-refractivity contribution is 0.172. The summed E-state index contributed by atoms with van der Waals surface area (Å²) < 4.78 is 13.2. The van der Waals surface area contributed by atoms with Crippen molar-refractivity contribution in [3.63, 3.8) is 0 Å². The van der Waals surface area contributed by atoms with Gasteiger partial charge in [-0.15, -0.1) is 0 Å². The van der Waals surface area contributed by atoms with Crippen molar-refractivity contribution in [2.45, 2.75) is 39.7 Å². The average molecular weight is 454 g/mol. The molecule has 7 heteroatoms. The second-order valence-electron chi connectivity index (χ2n) is 9.14. The van der Waals surface area contributed by atoms with Gasteiger partial charge in [-0.3, -0.25) is 4.79 Å². The summed E-state index contributed by atoms with van der Waals surface area (Å²) in [4.78, 5) is 21.6. The maximum atomic E-state index is 13.0. The monoisotopic (exact) mass is 453 g/mol. The lowest BCUT2D eigenvalue weighted by Gasteiger charge is -2.39. The van der Waals surface area contributed by atoms with Crippen molar-refractivity contribution in [2.75, 3.05) is 20.3 Å². The number of ether oxygens (including phenoxy) is 2. The number of pyridine rings is 1. The molecule has 6 nitrogen and oxygen atoms in total. The van der Waals surface area contributed by atoms with Crippen LogP contribution in [0.3, 0.4) is 0 Å². The van der Waals surface area contributed by atoms with Gasteiger partial charge < -0.3 is 14.0 Å². The van der Waals surface area contributed by atoms with E-state index in [0.717, 1.165) is 29.7 Å². The van der Waals surface area contributed by atoms with Gasteiger partial charge in [0.25, 0.3) is 0 Å². The molecular formula is C25H28ClN3O3. The number of rotatable bonds is 6. The molecule has 0 saturated carbocycles. The molecule has 32 heavy (non-hydrogen) atoms. The topological polar surface area (TPSA) is 66.2 Å². The molecule has 0 amide bonds. The molecule has 1 aliphatic rings. The van der Waals surface area contributed by atoms with E-state index in [1.54, 1.807) is 31.6 Å². The van der Waals surface area contributed by atoms with Crippen LogP contribution in [0.25, 0.3) is 22.6 Å². The number of nitrogens with zero attached hydrogens (tertiary/aromatic N) is 3. The summed E-state index contributed by atoms with van der Waals surface area (Å²) in [5.74, 6) is 1.10. The van der Waals surface area contributed by atoms with E-state index in [1.807, 2.05) is 18.3 Å². The van der Waals surface area contributed by atoms with Crippen molar-refractivity contribution >= 4 is 11.6 Å². The zero-order chi connectivity index (χ0) is 22.9. The number of methoxy groups -OCH3 is 1. The van der Waals surface area contributed by atoms with Gasteiger partial charge in [0, 0.05) is 56.4 Å². The van der Waals surface area contributed by atoms with Crippen LogP contribution in [0, 0.1) is 5.41 Å². The third-order valence-corrected chi connectivity index (χ3v) is 6.11. The lowest BCUT2D eigenvalue weighted by atomic mass is 9.79. The molecule has 0 N–H and O–H groups in total. The fourth-order valence-corrected chi connectivity index (χ4v) is 4.38. The van der Waals surface area contributed by atoms with Crippen LogP contribution in [0.5, 0.6) is 5.75 Å². The van der Waals surface area contributed by atoms with E-state index in [9.17, 15) is 4.79 Å². The van der Waals surface area contributed by atoms with Gasteiger partial charge >= 0.3 is 0 Å². The Morgan fingerprint density at radius 2 is 1.88 bits per heavy atom. The van der Waals surface area contributed by atoms with Gasteiger partial charge in [0.2, 0.25) is 0 Å². The minimum Gasteiger partial charge on any atom is -0.492 e. The summed E-state index contributed by atoms with van der Waals surface area (Å²) in [6.45, 7) is 7.80. The molecule has 2 aromatic heterocycles. The predicted molar refractivity (Wildman–Crippen MR) is 126 cm³/mol. The minimum absolute atomic E-state index is 0.0462. The van der Waals surface area contributed by atoms with Crippen LogP contribution in [0.15, 0.2) is 47.7 Å². The van der Waals surface area contributed by atoms with Crippen molar-refractivity contribution in [1.82, 2.24) is 14.5 Å². The molecule has 1 aliphatic heterocycles. The quantitative estimate of drug-likeness (QED) is 0.481. The Morgan fingerprint density at radius 3 is 2.56 bits per heavy atom. The van der Waals surface area contributed by atoms with E-state index in [1.165, 1.54) is 0 Å². The number of benzene rings is 1. The van der Waals surface area contributed by atoms with Gasteiger partial charge in [-0.1, -0.05) is 32.4 Å². The maximum absolute atomic E-state index is 13.0. The van der Waals surface area contributed by atoms with E-state index < -0.39 is 0 Å². The molecule has 3 heterocycles. The second kappa shape index (κ2) is 9.04. The molecule has 1 aromatic carbocycles. The number of hydrogen-bond donors (Lipinski definition) is 0. The van der Waals surface area contributed by atoms with E-state index in [4.69, 9.17) is 21.1 Å². The van der Waals surface area contributed by atoms with Crippen LogP contribution < -0.4 is 10.2 Å². The Kier molecular flexibility index (Phi) is 6.35. The van der Waals surface area contributed by atoms with Crippen LogP contribution in [-0.4, -0.2) is 34.9 Å². The van der Waals surface area contributed by atoms with Crippen LogP contribution in [0.4, 0.5) is 0 Å². The number of aromatic nitrogens is 3. The van der Waals surface area contributed by atoms with E-state index >= 15 is 0 Å². The SMILES string of the molecule is COCCCOc1cc2c(cc1Cl)-c1cc(=O)c(-c3ncccn3)cn1C(C(C)(C)C)C2. The van der Waals surface area contributed by atoms with E-state index in [-0.39, 0.29) is 16.9 Å². The van der Waals surface area contributed by atoms with Crippen molar-refractivity contribution in [3.8, 4) is 28.4 Å². The van der Waals surface area contributed by atoms with Crippen LogP contribution >= 0.6 is 11.6 Å². The van der Waals surface area contributed by atoms with Gasteiger partial charge in [-0.05, 0) is 35.6 Å². The molecule has 1 atom stereocenters. The standard InChI is InChI=1S/C25H28ClN3O3/c1-25(2,3)23-12-16-11-22(32-10-6-9-31-4)19(26)13-17(16)20-14-21(30)18(15-29(20)23)24-27-7-5-8-28-24/h5,7-8,11,13-15,23H,6,9-10,12H2,1-4H3. The van der Waals surface area contributed by atoms with E-state index in [2.05, 4.69) is 35.3 Å². The summed E-state index contributed by atoms with van der Waals surface area (Å²) in [6, 6.07) is 7.48. The van der Waals surface area contributed by atoms with Crippen LogP contribution in [-0.2, 0) is 11.2 Å². The minimum atomic E-state index is -0.112. The first-order valence-electron chi connectivity index (χ1n) is 10.8. The first-order valence-corrected chi connectivity index (χ1v) is 11.2. The summed E-state index contributed by atoms with van der Waals surface area (Å²) in [6.07, 6.45) is 6.79. The number of hydrogen-bond acceptors (Lipinski definition) is 5. The smallest absolute Gasteiger partial charge is 0.193 e. The molecule has 0 spiro atoms. The predicted octanol–water partition coefficient (Wildman–Crippen LogP) is 5.18. The third kappa shape index (κ3) is 4.43. The second-order valence-corrected chi connectivity index (χ2v) is 9.54. The highest BCUT2D eigenvalue weighted by atomic mass is 35.5. The zero-order valence-electron chi connectivity index (χ0n) is 18.9. The molecule has 0 bridgehead atoms. The van der Waals surface area contributed by atoms with Gasteiger partial charge in [-0.25, -0.2) is 9.97 Å². The maximum Gasteiger partial charge on any atom is 0.193 e. The van der Waals surface area contributed by atoms with Gasteiger partial charge in [0.15, 0.2) is 11.3 Å². The van der Waals surface area contributed by atoms with Gasteiger partial charge in [-0.2, -0.15) is 0 Å². The molecule has 0 fully saturated rings.